The molecular formula is C7H12N2O2S2. The summed E-state index contributed by atoms with van der Waals surface area (Å²) in [4.78, 5) is 1.18. The quantitative estimate of drug-likeness (QED) is 0.776. The molecule has 0 radical (unpaired) electrons. The van der Waals surface area contributed by atoms with E-state index in [4.69, 9.17) is 5.14 Å². The lowest BCUT2D eigenvalue weighted by Gasteiger charge is -1.95. The molecule has 0 amide bonds. The van der Waals surface area contributed by atoms with Gasteiger partial charge in [0.05, 0.1) is 4.90 Å². The predicted octanol–water partition coefficient (Wildman–Crippen LogP) is 0.505. The van der Waals surface area contributed by atoms with E-state index in [9.17, 15) is 8.42 Å². The molecule has 1 rings (SSSR count). The van der Waals surface area contributed by atoms with Gasteiger partial charge in [-0.1, -0.05) is 6.92 Å². The Bertz CT molecular complexity index is 370. The molecule has 4 nitrogen and oxygen atoms in total. The molecule has 0 aliphatic rings. The Morgan fingerprint density at radius 1 is 1.62 bits per heavy atom. The zero-order valence-electron chi connectivity index (χ0n) is 7.28. The van der Waals surface area contributed by atoms with Crippen LogP contribution in [0, 0.1) is 0 Å². The highest BCUT2D eigenvalue weighted by Crippen LogP contribution is 2.17. The summed E-state index contributed by atoms with van der Waals surface area (Å²) in [6.07, 6.45) is 0. The van der Waals surface area contributed by atoms with Crippen molar-refractivity contribution in [3.63, 3.8) is 0 Å². The first-order valence-corrected chi connectivity index (χ1v) is 6.27. The third-order valence-corrected chi connectivity index (χ3v) is 3.49. The fraction of sp³-hybridized carbons (Fsp3) is 0.429. The second-order valence-corrected chi connectivity index (χ2v) is 5.13. The van der Waals surface area contributed by atoms with Gasteiger partial charge in [0, 0.05) is 16.8 Å². The van der Waals surface area contributed by atoms with E-state index in [1.165, 1.54) is 11.3 Å². The summed E-state index contributed by atoms with van der Waals surface area (Å²) in [5, 5.41) is 9.62. The van der Waals surface area contributed by atoms with E-state index in [0.29, 0.717) is 6.54 Å². The molecule has 0 bridgehead atoms. The Labute approximate surface area is 81.8 Å². The molecule has 6 heteroatoms. The van der Waals surface area contributed by atoms with Crippen molar-refractivity contribution in [3.8, 4) is 0 Å². The number of hydrogen-bond donors (Lipinski definition) is 2. The summed E-state index contributed by atoms with van der Waals surface area (Å²) >= 11 is 1.39. The summed E-state index contributed by atoms with van der Waals surface area (Å²) in [6.45, 7) is 3.55. The molecule has 0 saturated carbocycles. The highest BCUT2D eigenvalue weighted by Gasteiger charge is 2.09. The summed E-state index contributed by atoms with van der Waals surface area (Å²) in [5.41, 5.74) is 0. The standard InChI is InChI=1S/C7H12N2O2S2/c1-2-9-4-6-3-7(5-12-6)13(8,10)11/h3,5,9H,2,4H2,1H3,(H2,8,10,11). The smallest absolute Gasteiger partial charge is 0.238 e. The molecule has 0 fully saturated rings. The van der Waals surface area contributed by atoms with Gasteiger partial charge in [-0.3, -0.25) is 0 Å². The Morgan fingerprint density at radius 3 is 2.77 bits per heavy atom. The van der Waals surface area contributed by atoms with Crippen LogP contribution in [0.1, 0.15) is 11.8 Å². The van der Waals surface area contributed by atoms with Crippen LogP contribution in [0.3, 0.4) is 0 Å². The van der Waals surface area contributed by atoms with E-state index < -0.39 is 10.0 Å². The van der Waals surface area contributed by atoms with E-state index >= 15 is 0 Å². The first-order valence-electron chi connectivity index (χ1n) is 3.85. The molecule has 1 aromatic heterocycles. The molecule has 13 heavy (non-hydrogen) atoms. The first-order chi connectivity index (χ1) is 6.04. The van der Waals surface area contributed by atoms with Crippen molar-refractivity contribution in [2.24, 2.45) is 5.14 Å². The number of nitrogens with two attached hydrogens (primary N) is 1. The molecule has 0 unspecified atom stereocenters. The molecule has 0 saturated heterocycles. The molecule has 0 aliphatic carbocycles. The summed E-state index contributed by atoms with van der Waals surface area (Å²) in [6, 6.07) is 1.60. The lowest BCUT2D eigenvalue weighted by Crippen LogP contribution is -2.12. The number of thiophene rings is 1. The van der Waals surface area contributed by atoms with Crippen molar-refractivity contribution in [2.75, 3.05) is 6.54 Å². The van der Waals surface area contributed by atoms with Crippen molar-refractivity contribution in [2.45, 2.75) is 18.4 Å². The van der Waals surface area contributed by atoms with Crippen molar-refractivity contribution >= 4 is 21.4 Å². The predicted molar refractivity (Wildman–Crippen MR) is 53.1 cm³/mol. The maximum absolute atomic E-state index is 10.9. The molecule has 0 aliphatic heterocycles. The average molecular weight is 220 g/mol. The fourth-order valence-corrected chi connectivity index (χ4v) is 2.63. The third-order valence-electron chi connectivity index (χ3n) is 1.51. The molecule has 3 N–H and O–H groups in total. The minimum Gasteiger partial charge on any atom is -0.312 e. The van der Waals surface area contributed by atoms with Crippen molar-refractivity contribution in [1.29, 1.82) is 0 Å². The number of hydrogen-bond acceptors (Lipinski definition) is 4. The number of rotatable bonds is 4. The average Bonchev–Trinajstić information content (AvgIpc) is 2.47. The summed E-state index contributed by atoms with van der Waals surface area (Å²) in [7, 11) is -3.52. The van der Waals surface area contributed by atoms with E-state index in [1.54, 1.807) is 11.4 Å². The number of nitrogens with one attached hydrogen (secondary N) is 1. The van der Waals surface area contributed by atoms with Crippen molar-refractivity contribution < 1.29 is 8.42 Å². The molecule has 0 spiro atoms. The maximum Gasteiger partial charge on any atom is 0.238 e. The Balaban J connectivity index is 2.76. The maximum atomic E-state index is 10.9. The molecule has 1 aromatic rings. The number of sulfonamides is 1. The Hall–Kier alpha value is -0.430. The molecule has 74 valence electrons. The van der Waals surface area contributed by atoms with Crippen LogP contribution in [0.2, 0.25) is 0 Å². The van der Waals surface area contributed by atoms with Gasteiger partial charge in [0.1, 0.15) is 0 Å². The van der Waals surface area contributed by atoms with Gasteiger partial charge in [0.2, 0.25) is 10.0 Å². The zero-order valence-corrected chi connectivity index (χ0v) is 8.91. The van der Waals surface area contributed by atoms with Gasteiger partial charge in [-0.25, -0.2) is 13.6 Å². The highest BCUT2D eigenvalue weighted by molar-refractivity contribution is 7.89. The van der Waals surface area contributed by atoms with Crippen LogP contribution in [0.4, 0.5) is 0 Å². The van der Waals surface area contributed by atoms with Crippen molar-refractivity contribution in [3.05, 3.63) is 16.3 Å². The SMILES string of the molecule is CCNCc1cc(S(N)(=O)=O)cs1. The summed E-state index contributed by atoms with van der Waals surface area (Å²) in [5.74, 6) is 0. The van der Waals surface area contributed by atoms with Gasteiger partial charge >= 0.3 is 0 Å². The lowest BCUT2D eigenvalue weighted by molar-refractivity contribution is 0.598. The van der Waals surface area contributed by atoms with Crippen LogP contribution in [0.5, 0.6) is 0 Å². The molecule has 0 aromatic carbocycles. The van der Waals surface area contributed by atoms with Crippen LogP contribution in [-0.4, -0.2) is 15.0 Å². The minimum absolute atomic E-state index is 0.199. The van der Waals surface area contributed by atoms with E-state index in [-0.39, 0.29) is 4.90 Å². The second-order valence-electron chi connectivity index (χ2n) is 2.57. The largest absolute Gasteiger partial charge is 0.312 e. The van der Waals surface area contributed by atoms with Crippen LogP contribution in [0.15, 0.2) is 16.3 Å². The van der Waals surface area contributed by atoms with Crippen LogP contribution in [-0.2, 0) is 16.6 Å². The van der Waals surface area contributed by atoms with Gasteiger partial charge in [0.25, 0.3) is 0 Å². The number of primary sulfonamides is 1. The van der Waals surface area contributed by atoms with Gasteiger partial charge in [-0.2, -0.15) is 0 Å². The topological polar surface area (TPSA) is 72.2 Å². The van der Waals surface area contributed by atoms with Crippen LogP contribution < -0.4 is 10.5 Å². The Morgan fingerprint density at radius 2 is 2.31 bits per heavy atom. The van der Waals surface area contributed by atoms with E-state index in [0.717, 1.165) is 11.4 Å². The lowest BCUT2D eigenvalue weighted by atomic mass is 10.4. The second kappa shape index (κ2) is 4.19. The van der Waals surface area contributed by atoms with Gasteiger partial charge in [0.15, 0.2) is 0 Å². The fourth-order valence-electron chi connectivity index (χ4n) is 0.851. The third kappa shape index (κ3) is 3.07. The first kappa shape index (κ1) is 10.6. The molecule has 0 atom stereocenters. The minimum atomic E-state index is -3.52. The normalized spacial score (nSPS) is 11.8. The van der Waals surface area contributed by atoms with E-state index in [2.05, 4.69) is 5.32 Å². The van der Waals surface area contributed by atoms with Gasteiger partial charge in [-0.15, -0.1) is 11.3 Å². The zero-order chi connectivity index (χ0) is 9.90. The molecule has 1 heterocycles. The van der Waals surface area contributed by atoms with Crippen LogP contribution >= 0.6 is 11.3 Å². The van der Waals surface area contributed by atoms with Gasteiger partial charge in [-0.05, 0) is 12.6 Å². The van der Waals surface area contributed by atoms with Crippen molar-refractivity contribution in [1.82, 2.24) is 5.32 Å². The van der Waals surface area contributed by atoms with Crippen LogP contribution in [0.25, 0.3) is 0 Å². The summed E-state index contributed by atoms with van der Waals surface area (Å²) < 4.78 is 21.8. The van der Waals surface area contributed by atoms with Gasteiger partial charge < -0.3 is 5.32 Å². The Kier molecular flexibility index (Phi) is 3.43. The molecular weight excluding hydrogens is 208 g/mol. The highest BCUT2D eigenvalue weighted by atomic mass is 32.2. The van der Waals surface area contributed by atoms with E-state index in [1.807, 2.05) is 6.92 Å². The monoisotopic (exact) mass is 220 g/mol.